The van der Waals surface area contributed by atoms with E-state index in [2.05, 4.69) is 5.32 Å². The van der Waals surface area contributed by atoms with Crippen LogP contribution >= 0.6 is 0 Å². The third-order valence-corrected chi connectivity index (χ3v) is 5.03. The fourth-order valence-corrected chi connectivity index (χ4v) is 3.25. The highest BCUT2D eigenvalue weighted by Crippen LogP contribution is 2.24. The molecular formula is C21H24FN3O6. The Hall–Kier alpha value is -3.53. The fraction of sp³-hybridized carbons (Fsp3) is 0.333. The maximum atomic E-state index is 13.5. The molecule has 166 valence electrons. The van der Waals surface area contributed by atoms with Crippen molar-refractivity contribution < 1.29 is 33.8 Å². The lowest BCUT2D eigenvalue weighted by Crippen LogP contribution is -2.50. The zero-order valence-electron chi connectivity index (χ0n) is 17.7. The van der Waals surface area contributed by atoms with E-state index < -0.39 is 41.5 Å². The number of carboxylic acid groups (broad SMARTS) is 1. The van der Waals surface area contributed by atoms with E-state index in [1.54, 1.807) is 13.8 Å². The smallest absolute Gasteiger partial charge is 0.328 e. The predicted octanol–water partition coefficient (Wildman–Crippen LogP) is 1.47. The number of amides is 2. The summed E-state index contributed by atoms with van der Waals surface area (Å²) >= 11 is 0. The number of aliphatic carboxylic acids is 1. The Morgan fingerprint density at radius 3 is 2.26 bits per heavy atom. The van der Waals surface area contributed by atoms with Crippen LogP contribution in [0.15, 0.2) is 18.2 Å². The van der Waals surface area contributed by atoms with Crippen LogP contribution < -0.4 is 10.6 Å². The topological polar surface area (TPSA) is 138 Å². The van der Waals surface area contributed by atoms with E-state index in [0.29, 0.717) is 16.9 Å². The Bertz CT molecular complexity index is 1070. The Morgan fingerprint density at radius 2 is 1.74 bits per heavy atom. The van der Waals surface area contributed by atoms with Crippen molar-refractivity contribution in [3.8, 4) is 0 Å². The van der Waals surface area contributed by atoms with E-state index in [1.165, 1.54) is 43.7 Å². The van der Waals surface area contributed by atoms with Crippen molar-refractivity contribution in [1.29, 1.82) is 0 Å². The van der Waals surface area contributed by atoms with Gasteiger partial charge >= 0.3 is 5.97 Å². The number of hydrogen-bond acceptors (Lipinski definition) is 5. The van der Waals surface area contributed by atoms with Gasteiger partial charge in [-0.25, -0.2) is 9.18 Å². The van der Waals surface area contributed by atoms with Gasteiger partial charge in [0.15, 0.2) is 6.04 Å². The average molecular weight is 433 g/mol. The second kappa shape index (κ2) is 9.09. The van der Waals surface area contributed by atoms with Crippen molar-refractivity contribution in [3.05, 3.63) is 52.1 Å². The van der Waals surface area contributed by atoms with Crippen LogP contribution in [0.25, 0.3) is 0 Å². The number of aryl methyl sites for hydroxylation is 1. The molecule has 1 aromatic carbocycles. The van der Waals surface area contributed by atoms with E-state index in [4.69, 9.17) is 5.11 Å². The van der Waals surface area contributed by atoms with Gasteiger partial charge in [0.25, 0.3) is 17.6 Å². The minimum atomic E-state index is -1.66. The number of Topliss-reactive ketones (excluding diaryl/α,β-unsaturated/α-hetero) is 1. The molecule has 0 unspecified atom stereocenters. The molecule has 0 radical (unpaired) electrons. The second-order valence-corrected chi connectivity index (χ2v) is 7.27. The minimum absolute atomic E-state index is 0.0924. The molecule has 0 aliphatic heterocycles. The monoisotopic (exact) mass is 433 g/mol. The van der Waals surface area contributed by atoms with Gasteiger partial charge in [-0.05, 0) is 57.0 Å². The number of anilines is 1. The first-order chi connectivity index (χ1) is 14.4. The number of hydrogen-bond donors (Lipinski definition) is 4. The molecule has 0 spiro atoms. The van der Waals surface area contributed by atoms with Crippen LogP contribution in [0.3, 0.4) is 0 Å². The molecule has 0 bridgehead atoms. The van der Waals surface area contributed by atoms with Crippen molar-refractivity contribution in [1.82, 2.24) is 9.88 Å². The summed E-state index contributed by atoms with van der Waals surface area (Å²) in [6.45, 7) is 5.79. The number of aromatic nitrogens is 1. The van der Waals surface area contributed by atoms with Crippen molar-refractivity contribution in [2.24, 2.45) is 7.05 Å². The van der Waals surface area contributed by atoms with Crippen LogP contribution in [0.4, 0.5) is 10.1 Å². The van der Waals surface area contributed by atoms with Crippen molar-refractivity contribution >= 4 is 29.3 Å². The highest BCUT2D eigenvalue weighted by atomic mass is 19.1. The number of carbonyl (C=O) groups excluding carboxylic acids is 3. The molecule has 9 nitrogen and oxygen atoms in total. The van der Waals surface area contributed by atoms with E-state index in [0.717, 1.165) is 0 Å². The largest absolute Gasteiger partial charge is 0.480 e. The lowest BCUT2D eigenvalue weighted by molar-refractivity contribution is -0.144. The molecular weight excluding hydrogens is 409 g/mol. The van der Waals surface area contributed by atoms with Crippen LogP contribution in [0.5, 0.6) is 0 Å². The standard InChI is InChI=1S/C21H24FN3O6/c1-9-8-13(6-7-14(9)22)23-19(28)15-10(2)17(25(5)11(15)3)18(27)20(29)24-16(12(4)26)21(30)31/h6-8,12,16,26H,1-5H3,(H,23,28)(H,24,29)(H,30,31)/t12-,16-/m1/s1. The number of aliphatic hydroxyl groups excluding tert-OH is 1. The maximum absolute atomic E-state index is 13.5. The molecule has 2 aromatic rings. The molecule has 2 amide bonds. The highest BCUT2D eigenvalue weighted by Gasteiger charge is 2.32. The third-order valence-electron chi connectivity index (χ3n) is 5.03. The predicted molar refractivity (Wildman–Crippen MR) is 110 cm³/mol. The molecule has 0 aliphatic rings. The molecule has 0 saturated heterocycles. The molecule has 0 fully saturated rings. The fourth-order valence-electron chi connectivity index (χ4n) is 3.25. The van der Waals surface area contributed by atoms with Gasteiger partial charge in [-0.15, -0.1) is 0 Å². The van der Waals surface area contributed by atoms with Crippen LogP contribution in [0.1, 0.15) is 44.6 Å². The van der Waals surface area contributed by atoms with E-state index in [9.17, 15) is 28.7 Å². The summed E-state index contributed by atoms with van der Waals surface area (Å²) in [6.07, 6.45) is -1.43. The van der Waals surface area contributed by atoms with E-state index in [1.807, 2.05) is 5.32 Å². The first-order valence-corrected chi connectivity index (χ1v) is 9.36. The van der Waals surface area contributed by atoms with Gasteiger partial charge in [0.1, 0.15) is 5.82 Å². The van der Waals surface area contributed by atoms with Crippen LogP contribution in [-0.2, 0) is 16.6 Å². The summed E-state index contributed by atoms with van der Waals surface area (Å²) in [5.74, 6) is -4.74. The average Bonchev–Trinajstić information content (AvgIpc) is 2.90. The second-order valence-electron chi connectivity index (χ2n) is 7.27. The first-order valence-electron chi connectivity index (χ1n) is 9.36. The Morgan fingerprint density at radius 1 is 1.13 bits per heavy atom. The number of ketones is 1. The number of aliphatic hydroxyl groups is 1. The van der Waals surface area contributed by atoms with Crippen LogP contribution in [0, 0.1) is 26.6 Å². The number of rotatable bonds is 7. The minimum Gasteiger partial charge on any atom is -0.480 e. The lowest BCUT2D eigenvalue weighted by Gasteiger charge is -2.16. The number of nitrogens with zero attached hydrogens (tertiary/aromatic N) is 1. The molecule has 4 N–H and O–H groups in total. The van der Waals surface area contributed by atoms with Gasteiger partial charge in [-0.3, -0.25) is 14.4 Å². The Kier molecular flexibility index (Phi) is 6.96. The number of benzene rings is 1. The summed E-state index contributed by atoms with van der Waals surface area (Å²) in [5, 5.41) is 23.2. The SMILES string of the molecule is Cc1cc(NC(=O)c2c(C)c(C(=O)C(=O)N[C@@H](C(=O)O)[C@@H](C)O)n(C)c2C)ccc1F. The number of carbonyl (C=O) groups is 4. The molecule has 1 heterocycles. The summed E-state index contributed by atoms with van der Waals surface area (Å²) in [5.41, 5.74) is 1.39. The van der Waals surface area contributed by atoms with E-state index in [-0.39, 0.29) is 16.8 Å². The van der Waals surface area contributed by atoms with Crippen molar-refractivity contribution in [2.45, 2.75) is 39.8 Å². The third kappa shape index (κ3) is 4.80. The normalized spacial score (nSPS) is 12.7. The Labute approximate surface area is 177 Å². The van der Waals surface area contributed by atoms with Gasteiger partial charge in [0.05, 0.1) is 17.4 Å². The van der Waals surface area contributed by atoms with E-state index >= 15 is 0 Å². The first kappa shape index (κ1) is 23.7. The molecule has 31 heavy (non-hydrogen) atoms. The van der Waals surface area contributed by atoms with Crippen LogP contribution in [0.2, 0.25) is 0 Å². The highest BCUT2D eigenvalue weighted by molar-refractivity contribution is 6.43. The number of carboxylic acids is 1. The van der Waals surface area contributed by atoms with Gasteiger partial charge < -0.3 is 25.4 Å². The van der Waals surface area contributed by atoms with Crippen LogP contribution in [-0.4, -0.2) is 50.5 Å². The van der Waals surface area contributed by atoms with Gasteiger partial charge in [0, 0.05) is 18.4 Å². The zero-order valence-corrected chi connectivity index (χ0v) is 17.7. The van der Waals surface area contributed by atoms with Gasteiger partial charge in [0.2, 0.25) is 0 Å². The number of nitrogens with one attached hydrogen (secondary N) is 2. The van der Waals surface area contributed by atoms with Gasteiger partial charge in [-0.1, -0.05) is 0 Å². The summed E-state index contributed by atoms with van der Waals surface area (Å²) in [4.78, 5) is 49.0. The quantitative estimate of drug-likeness (QED) is 0.385. The number of halogens is 1. The molecule has 2 atom stereocenters. The summed E-state index contributed by atoms with van der Waals surface area (Å²) in [6, 6.07) is 2.41. The molecule has 10 heteroatoms. The lowest BCUT2D eigenvalue weighted by atomic mass is 10.1. The van der Waals surface area contributed by atoms with Gasteiger partial charge in [-0.2, -0.15) is 0 Å². The molecule has 0 aliphatic carbocycles. The molecule has 0 saturated carbocycles. The maximum Gasteiger partial charge on any atom is 0.328 e. The summed E-state index contributed by atoms with van der Waals surface area (Å²) < 4.78 is 14.8. The molecule has 2 rings (SSSR count). The van der Waals surface area contributed by atoms with Crippen molar-refractivity contribution in [2.75, 3.05) is 5.32 Å². The molecule has 1 aromatic heterocycles. The summed E-state index contributed by atoms with van der Waals surface area (Å²) in [7, 11) is 1.49. The Balaban J connectivity index is 2.35. The zero-order chi connectivity index (χ0) is 23.6. The van der Waals surface area contributed by atoms with Crippen molar-refractivity contribution in [3.63, 3.8) is 0 Å².